The summed E-state index contributed by atoms with van der Waals surface area (Å²) in [7, 11) is 0. The van der Waals surface area contributed by atoms with Crippen LogP contribution < -0.4 is 14.8 Å². The van der Waals surface area contributed by atoms with Gasteiger partial charge in [0.05, 0.1) is 29.5 Å². The van der Waals surface area contributed by atoms with Gasteiger partial charge in [0.2, 0.25) is 5.91 Å². The van der Waals surface area contributed by atoms with Crippen molar-refractivity contribution in [3.63, 3.8) is 0 Å². The molecule has 1 amide bonds. The van der Waals surface area contributed by atoms with E-state index in [4.69, 9.17) is 21.1 Å². The monoisotopic (exact) mass is 441 g/mol. The molecule has 2 aromatic carbocycles. The average molecular weight is 442 g/mol. The standard InChI is InChI=1S/C22H23ClF3NO3/c1-3-5-12-30-19-10-6-15(13-20(19)29-4-2)7-11-21(28)27-18-14-16(22(24,25)26)8-9-17(18)23/h6-11,13-14H,3-5,12H2,1-2H3,(H,27,28)/b11-7+. The third-order valence-electron chi connectivity index (χ3n) is 4.00. The third-order valence-corrected chi connectivity index (χ3v) is 4.33. The fraction of sp³-hybridized carbons (Fsp3) is 0.318. The number of ether oxygens (including phenoxy) is 2. The maximum atomic E-state index is 12.8. The average Bonchev–Trinajstić information content (AvgIpc) is 2.69. The summed E-state index contributed by atoms with van der Waals surface area (Å²) in [5, 5.41) is 2.38. The van der Waals surface area contributed by atoms with E-state index in [0.717, 1.165) is 31.0 Å². The van der Waals surface area contributed by atoms with E-state index in [1.807, 2.05) is 6.92 Å². The Balaban J connectivity index is 2.11. The van der Waals surface area contributed by atoms with Gasteiger partial charge in [-0.2, -0.15) is 13.2 Å². The Kier molecular flexibility index (Phi) is 8.59. The Labute approximate surface area is 178 Å². The summed E-state index contributed by atoms with van der Waals surface area (Å²) < 4.78 is 49.8. The lowest BCUT2D eigenvalue weighted by Crippen LogP contribution is -2.11. The molecule has 0 saturated carbocycles. The SMILES string of the molecule is CCCCOc1ccc(/C=C/C(=O)Nc2cc(C(F)(F)F)ccc2Cl)cc1OCC. The molecule has 30 heavy (non-hydrogen) atoms. The second-order valence-corrected chi connectivity index (χ2v) is 6.76. The molecule has 2 rings (SSSR count). The van der Waals surface area contributed by atoms with E-state index in [1.54, 1.807) is 18.2 Å². The fourth-order valence-corrected chi connectivity index (χ4v) is 2.65. The molecule has 1 N–H and O–H groups in total. The third kappa shape index (κ3) is 6.99. The maximum Gasteiger partial charge on any atom is 0.416 e. The summed E-state index contributed by atoms with van der Waals surface area (Å²) in [5.41, 5.74) is -0.339. The van der Waals surface area contributed by atoms with Gasteiger partial charge in [0.25, 0.3) is 0 Å². The summed E-state index contributed by atoms with van der Waals surface area (Å²) in [4.78, 5) is 12.2. The molecule has 0 aliphatic rings. The Morgan fingerprint density at radius 1 is 1.10 bits per heavy atom. The van der Waals surface area contributed by atoms with E-state index < -0.39 is 17.6 Å². The van der Waals surface area contributed by atoms with Crippen LogP contribution in [0.15, 0.2) is 42.5 Å². The van der Waals surface area contributed by atoms with Gasteiger partial charge in [-0.05, 0) is 55.3 Å². The largest absolute Gasteiger partial charge is 0.490 e. The first-order chi connectivity index (χ1) is 14.2. The lowest BCUT2D eigenvalue weighted by atomic mass is 10.1. The highest BCUT2D eigenvalue weighted by Gasteiger charge is 2.31. The molecule has 0 aromatic heterocycles. The molecule has 4 nitrogen and oxygen atoms in total. The van der Waals surface area contributed by atoms with E-state index in [-0.39, 0.29) is 10.7 Å². The van der Waals surface area contributed by atoms with Crippen molar-refractivity contribution in [2.75, 3.05) is 18.5 Å². The number of alkyl halides is 3. The smallest absolute Gasteiger partial charge is 0.416 e. The molecule has 0 saturated heterocycles. The Hall–Kier alpha value is -2.67. The van der Waals surface area contributed by atoms with Crippen LogP contribution in [0.2, 0.25) is 5.02 Å². The minimum Gasteiger partial charge on any atom is -0.490 e. The number of rotatable bonds is 9. The van der Waals surface area contributed by atoms with Gasteiger partial charge in [-0.1, -0.05) is 31.0 Å². The highest BCUT2D eigenvalue weighted by molar-refractivity contribution is 6.33. The number of carbonyl (C=O) groups is 1. The number of nitrogens with one attached hydrogen (secondary N) is 1. The predicted octanol–water partition coefficient (Wildman–Crippen LogP) is 6.59. The predicted molar refractivity (Wildman–Crippen MR) is 112 cm³/mol. The molecular weight excluding hydrogens is 419 g/mol. The Morgan fingerprint density at radius 2 is 1.87 bits per heavy atom. The second-order valence-electron chi connectivity index (χ2n) is 6.36. The van der Waals surface area contributed by atoms with E-state index in [1.165, 1.54) is 12.2 Å². The molecule has 0 fully saturated rings. The van der Waals surface area contributed by atoms with Crippen LogP contribution in [-0.2, 0) is 11.0 Å². The molecule has 2 aromatic rings. The summed E-state index contributed by atoms with van der Waals surface area (Å²) in [6.45, 7) is 4.95. The number of hydrogen-bond donors (Lipinski definition) is 1. The highest BCUT2D eigenvalue weighted by Crippen LogP contribution is 2.34. The molecular formula is C22H23ClF3NO3. The topological polar surface area (TPSA) is 47.6 Å². The van der Waals surface area contributed by atoms with Crippen molar-refractivity contribution in [1.82, 2.24) is 0 Å². The van der Waals surface area contributed by atoms with Gasteiger partial charge in [0.1, 0.15) is 0 Å². The maximum absolute atomic E-state index is 12.8. The van der Waals surface area contributed by atoms with E-state index in [9.17, 15) is 18.0 Å². The molecule has 0 heterocycles. The van der Waals surface area contributed by atoms with Crippen molar-refractivity contribution in [2.45, 2.75) is 32.9 Å². The van der Waals surface area contributed by atoms with E-state index >= 15 is 0 Å². The quantitative estimate of drug-likeness (QED) is 0.353. The van der Waals surface area contributed by atoms with E-state index in [2.05, 4.69) is 12.2 Å². The van der Waals surface area contributed by atoms with Crippen LogP contribution in [-0.4, -0.2) is 19.1 Å². The molecule has 0 aliphatic heterocycles. The van der Waals surface area contributed by atoms with Crippen LogP contribution in [0, 0.1) is 0 Å². The molecule has 0 aliphatic carbocycles. The number of amides is 1. The van der Waals surface area contributed by atoms with Crippen LogP contribution in [0.5, 0.6) is 11.5 Å². The van der Waals surface area contributed by atoms with Gasteiger partial charge in [-0.15, -0.1) is 0 Å². The van der Waals surface area contributed by atoms with Crippen molar-refractivity contribution >= 4 is 29.3 Å². The van der Waals surface area contributed by atoms with Gasteiger partial charge < -0.3 is 14.8 Å². The van der Waals surface area contributed by atoms with Gasteiger partial charge >= 0.3 is 6.18 Å². The fourth-order valence-electron chi connectivity index (χ4n) is 2.49. The number of halogens is 4. The number of anilines is 1. The van der Waals surface area contributed by atoms with Gasteiger partial charge in [0, 0.05) is 6.08 Å². The molecule has 0 spiro atoms. The lowest BCUT2D eigenvalue weighted by Gasteiger charge is -2.12. The first-order valence-corrected chi connectivity index (χ1v) is 9.87. The second kappa shape index (κ2) is 10.9. The number of unbranched alkanes of at least 4 members (excludes halogenated alkanes) is 1. The van der Waals surface area contributed by atoms with Crippen LogP contribution in [0.1, 0.15) is 37.8 Å². The molecule has 0 bridgehead atoms. The Bertz CT molecular complexity index is 898. The first kappa shape index (κ1) is 23.6. The van der Waals surface area contributed by atoms with Crippen LogP contribution in [0.4, 0.5) is 18.9 Å². The van der Waals surface area contributed by atoms with Crippen LogP contribution >= 0.6 is 11.6 Å². The normalized spacial score (nSPS) is 11.5. The molecule has 8 heteroatoms. The van der Waals surface area contributed by atoms with Crippen molar-refractivity contribution in [1.29, 1.82) is 0 Å². The number of hydrogen-bond acceptors (Lipinski definition) is 3. The molecule has 162 valence electrons. The molecule has 0 radical (unpaired) electrons. The van der Waals surface area contributed by atoms with Crippen molar-refractivity contribution in [2.24, 2.45) is 0 Å². The molecule has 0 atom stereocenters. The van der Waals surface area contributed by atoms with Gasteiger partial charge in [0.15, 0.2) is 11.5 Å². The van der Waals surface area contributed by atoms with Crippen molar-refractivity contribution < 1.29 is 27.4 Å². The summed E-state index contributed by atoms with van der Waals surface area (Å²) in [6.07, 6.45) is 0.131. The summed E-state index contributed by atoms with van der Waals surface area (Å²) in [6, 6.07) is 7.98. The van der Waals surface area contributed by atoms with Crippen LogP contribution in [0.3, 0.4) is 0 Å². The first-order valence-electron chi connectivity index (χ1n) is 9.50. The highest BCUT2D eigenvalue weighted by atomic mass is 35.5. The van der Waals surface area contributed by atoms with Crippen molar-refractivity contribution in [3.05, 3.63) is 58.6 Å². The van der Waals surface area contributed by atoms with Crippen LogP contribution in [0.25, 0.3) is 6.08 Å². The zero-order valence-corrected chi connectivity index (χ0v) is 17.4. The van der Waals surface area contributed by atoms with Gasteiger partial charge in [-0.3, -0.25) is 4.79 Å². The summed E-state index contributed by atoms with van der Waals surface area (Å²) in [5.74, 6) is 0.553. The number of carbonyl (C=O) groups excluding carboxylic acids is 1. The summed E-state index contributed by atoms with van der Waals surface area (Å²) >= 11 is 5.90. The van der Waals surface area contributed by atoms with E-state index in [0.29, 0.717) is 30.3 Å². The Morgan fingerprint density at radius 3 is 2.53 bits per heavy atom. The minimum absolute atomic E-state index is 0.0111. The molecule has 0 unspecified atom stereocenters. The minimum atomic E-state index is -4.53. The van der Waals surface area contributed by atoms with Crippen molar-refractivity contribution in [3.8, 4) is 11.5 Å². The lowest BCUT2D eigenvalue weighted by molar-refractivity contribution is -0.137. The zero-order chi connectivity index (χ0) is 22.1. The van der Waals surface area contributed by atoms with Gasteiger partial charge in [-0.25, -0.2) is 0 Å². The zero-order valence-electron chi connectivity index (χ0n) is 16.7. The number of benzene rings is 2.